The highest BCUT2D eigenvalue weighted by atomic mass is 127. The van der Waals surface area contributed by atoms with Crippen molar-refractivity contribution in [3.63, 3.8) is 0 Å². The molecule has 0 aromatic heterocycles. The van der Waals surface area contributed by atoms with Crippen LogP contribution in [0.3, 0.4) is 0 Å². The molecule has 1 aromatic carbocycles. The van der Waals surface area contributed by atoms with E-state index >= 15 is 0 Å². The first kappa shape index (κ1) is 17.2. The van der Waals surface area contributed by atoms with Crippen LogP contribution in [-0.4, -0.2) is 13.2 Å². The molecule has 1 aromatic rings. The van der Waals surface area contributed by atoms with Gasteiger partial charge in [-0.1, -0.05) is 62.9 Å². The van der Waals surface area contributed by atoms with Crippen LogP contribution < -0.4 is 0 Å². The highest BCUT2D eigenvalue weighted by Crippen LogP contribution is 2.68. The van der Waals surface area contributed by atoms with Crippen molar-refractivity contribution in [1.29, 1.82) is 0 Å². The summed E-state index contributed by atoms with van der Waals surface area (Å²) >= 11 is 2.27. The predicted octanol–water partition coefficient (Wildman–Crippen LogP) is 6.00. The Morgan fingerprint density at radius 1 is 1.24 bits per heavy atom. The van der Waals surface area contributed by atoms with E-state index < -0.39 is 7.60 Å². The molecule has 1 aliphatic rings. The topological polar surface area (TPSA) is 35.5 Å². The molecule has 1 heterocycles. The standard InChI is InChI=1S/C16H22IO3P/c1-3-4-5-9-12-14-15(17)16(21(18,19-2)20-14)13-10-7-6-8-11-13/h6-8,10-11,14H,3-5,9,12H2,1-2H3. The maximum atomic E-state index is 12.9. The zero-order valence-corrected chi connectivity index (χ0v) is 15.6. The Labute approximate surface area is 140 Å². The first-order valence-electron chi connectivity index (χ1n) is 7.42. The zero-order chi connectivity index (χ0) is 15.3. The Hall–Kier alpha value is -0.160. The summed E-state index contributed by atoms with van der Waals surface area (Å²) in [5.74, 6) is 0. The number of hydrogen-bond acceptors (Lipinski definition) is 3. The van der Waals surface area contributed by atoms with Crippen LogP contribution in [0.25, 0.3) is 5.31 Å². The van der Waals surface area contributed by atoms with Gasteiger partial charge in [0.25, 0.3) is 0 Å². The third kappa shape index (κ3) is 3.98. The quantitative estimate of drug-likeness (QED) is 0.309. The van der Waals surface area contributed by atoms with Crippen molar-refractivity contribution in [2.24, 2.45) is 0 Å². The van der Waals surface area contributed by atoms with Crippen LogP contribution in [0.4, 0.5) is 0 Å². The van der Waals surface area contributed by atoms with E-state index in [-0.39, 0.29) is 6.10 Å². The van der Waals surface area contributed by atoms with Gasteiger partial charge >= 0.3 is 7.60 Å². The van der Waals surface area contributed by atoms with Gasteiger partial charge in [-0.15, -0.1) is 0 Å². The van der Waals surface area contributed by atoms with Crippen LogP contribution in [0, 0.1) is 0 Å². The van der Waals surface area contributed by atoms with Crippen molar-refractivity contribution in [3.8, 4) is 0 Å². The largest absolute Gasteiger partial charge is 0.363 e. The van der Waals surface area contributed by atoms with E-state index in [1.165, 1.54) is 26.4 Å². The Balaban J connectivity index is 2.21. The number of rotatable bonds is 7. The average molecular weight is 420 g/mol. The SMILES string of the molecule is CCCCCCC1OP(=O)(OC)C(c2ccccc2)=C1I. The Kier molecular flexibility index (Phi) is 6.48. The Morgan fingerprint density at radius 2 is 1.95 bits per heavy atom. The van der Waals surface area contributed by atoms with E-state index in [1.807, 2.05) is 30.3 Å². The molecule has 116 valence electrons. The lowest BCUT2D eigenvalue weighted by atomic mass is 10.1. The summed E-state index contributed by atoms with van der Waals surface area (Å²) in [6.07, 6.45) is 5.55. The predicted molar refractivity (Wildman–Crippen MR) is 95.6 cm³/mol. The molecule has 3 nitrogen and oxygen atoms in total. The molecular weight excluding hydrogens is 398 g/mol. The van der Waals surface area contributed by atoms with Gasteiger partial charge in [0.2, 0.25) is 0 Å². The zero-order valence-electron chi connectivity index (χ0n) is 12.5. The van der Waals surface area contributed by atoms with E-state index in [0.29, 0.717) is 0 Å². The Morgan fingerprint density at radius 3 is 2.57 bits per heavy atom. The van der Waals surface area contributed by atoms with Crippen LogP contribution in [-0.2, 0) is 13.6 Å². The molecule has 2 unspecified atom stereocenters. The van der Waals surface area contributed by atoms with Gasteiger partial charge in [-0.3, -0.25) is 9.09 Å². The van der Waals surface area contributed by atoms with Crippen LogP contribution in [0.2, 0.25) is 0 Å². The summed E-state index contributed by atoms with van der Waals surface area (Å²) in [5.41, 5.74) is 0.933. The van der Waals surface area contributed by atoms with Crippen molar-refractivity contribution in [2.45, 2.75) is 45.1 Å². The fourth-order valence-corrected chi connectivity index (χ4v) is 6.14. The van der Waals surface area contributed by atoms with Crippen LogP contribution >= 0.6 is 30.2 Å². The lowest BCUT2D eigenvalue weighted by molar-refractivity contribution is 0.200. The average Bonchev–Trinajstić information content (AvgIpc) is 2.76. The number of halogens is 1. The minimum absolute atomic E-state index is 0.0940. The fraction of sp³-hybridized carbons (Fsp3) is 0.500. The molecule has 0 spiro atoms. The summed E-state index contributed by atoms with van der Waals surface area (Å²) in [7, 11) is -1.71. The second kappa shape index (κ2) is 7.91. The molecule has 2 rings (SSSR count). The number of hydrogen-bond donors (Lipinski definition) is 0. The van der Waals surface area contributed by atoms with E-state index in [1.54, 1.807) is 0 Å². The van der Waals surface area contributed by atoms with Crippen LogP contribution in [0.5, 0.6) is 0 Å². The molecule has 0 N–H and O–H groups in total. The molecule has 0 radical (unpaired) electrons. The molecule has 0 aliphatic carbocycles. The van der Waals surface area contributed by atoms with Crippen LogP contribution in [0.15, 0.2) is 33.9 Å². The van der Waals surface area contributed by atoms with Gasteiger partial charge in [0.1, 0.15) is 0 Å². The Bertz CT molecular complexity index is 542. The molecule has 2 atom stereocenters. The van der Waals surface area contributed by atoms with Crippen molar-refractivity contribution < 1.29 is 13.6 Å². The fourth-order valence-electron chi connectivity index (χ4n) is 2.51. The van der Waals surface area contributed by atoms with Gasteiger partial charge in [0.05, 0.1) is 11.4 Å². The second-order valence-electron chi connectivity index (χ2n) is 5.19. The van der Waals surface area contributed by atoms with Gasteiger partial charge in [0.15, 0.2) is 0 Å². The summed E-state index contributed by atoms with van der Waals surface area (Å²) in [6.45, 7) is 2.20. The molecule has 5 heteroatoms. The lowest BCUT2D eigenvalue weighted by Crippen LogP contribution is -2.06. The normalized spacial score (nSPS) is 25.6. The van der Waals surface area contributed by atoms with Gasteiger partial charge in [-0.25, -0.2) is 0 Å². The van der Waals surface area contributed by atoms with Gasteiger partial charge in [-0.2, -0.15) is 0 Å². The highest BCUT2D eigenvalue weighted by Gasteiger charge is 2.43. The number of unbranched alkanes of at least 4 members (excludes halogenated alkanes) is 3. The van der Waals surface area contributed by atoms with Crippen molar-refractivity contribution in [2.75, 3.05) is 7.11 Å². The molecule has 0 saturated carbocycles. The summed E-state index contributed by atoms with van der Waals surface area (Å²) in [5, 5.41) is 0.742. The van der Waals surface area contributed by atoms with Gasteiger partial charge in [0, 0.05) is 10.7 Å². The first-order chi connectivity index (χ1) is 10.1. The first-order valence-corrected chi connectivity index (χ1v) is 10.0. The third-order valence-corrected chi connectivity index (χ3v) is 7.38. The molecule has 0 fully saturated rings. The molecular formula is C16H22IO3P. The van der Waals surface area contributed by atoms with Crippen molar-refractivity contribution in [1.82, 2.24) is 0 Å². The second-order valence-corrected chi connectivity index (χ2v) is 8.37. The maximum Gasteiger partial charge on any atom is 0.363 e. The minimum Gasteiger partial charge on any atom is -0.309 e. The third-order valence-electron chi connectivity index (χ3n) is 3.66. The van der Waals surface area contributed by atoms with E-state index in [2.05, 4.69) is 29.5 Å². The number of benzene rings is 1. The molecule has 0 bridgehead atoms. The van der Waals surface area contributed by atoms with Crippen molar-refractivity contribution >= 4 is 35.5 Å². The summed E-state index contributed by atoms with van der Waals surface area (Å²) in [4.78, 5) is 0. The molecule has 1 aliphatic heterocycles. The van der Waals surface area contributed by atoms with E-state index in [4.69, 9.17) is 9.05 Å². The van der Waals surface area contributed by atoms with Crippen molar-refractivity contribution in [3.05, 3.63) is 39.5 Å². The minimum atomic E-state index is -3.18. The summed E-state index contributed by atoms with van der Waals surface area (Å²) in [6, 6.07) is 9.76. The van der Waals surface area contributed by atoms with Crippen LogP contribution in [0.1, 0.15) is 44.6 Å². The highest BCUT2D eigenvalue weighted by molar-refractivity contribution is 14.1. The summed E-state index contributed by atoms with van der Waals surface area (Å²) < 4.78 is 25.0. The monoisotopic (exact) mass is 420 g/mol. The smallest absolute Gasteiger partial charge is 0.309 e. The van der Waals surface area contributed by atoms with E-state index in [9.17, 15) is 4.57 Å². The van der Waals surface area contributed by atoms with Gasteiger partial charge in [-0.05, 0) is 34.6 Å². The maximum absolute atomic E-state index is 12.9. The molecule has 21 heavy (non-hydrogen) atoms. The van der Waals surface area contributed by atoms with E-state index in [0.717, 1.165) is 27.3 Å². The molecule has 0 saturated heterocycles. The lowest BCUT2D eigenvalue weighted by Gasteiger charge is -2.15. The van der Waals surface area contributed by atoms with Gasteiger partial charge < -0.3 is 4.52 Å². The molecule has 0 amide bonds.